The SMILES string of the molecule is COc1ccc(Br)c(CC(N)c2cc(F)ccc2C)c1. The molecule has 106 valence electrons. The molecule has 1 unspecified atom stereocenters. The Bertz CT molecular complexity index is 615. The summed E-state index contributed by atoms with van der Waals surface area (Å²) in [5, 5.41) is 0. The van der Waals surface area contributed by atoms with Crippen LogP contribution in [0.2, 0.25) is 0 Å². The largest absolute Gasteiger partial charge is 0.497 e. The van der Waals surface area contributed by atoms with Gasteiger partial charge in [0.2, 0.25) is 0 Å². The van der Waals surface area contributed by atoms with Crippen LogP contribution < -0.4 is 10.5 Å². The van der Waals surface area contributed by atoms with Gasteiger partial charge < -0.3 is 10.5 Å². The molecule has 0 aliphatic carbocycles. The fraction of sp³-hybridized carbons (Fsp3) is 0.250. The van der Waals surface area contributed by atoms with Crippen LogP contribution in [0.4, 0.5) is 4.39 Å². The number of halogens is 2. The molecule has 2 nitrogen and oxygen atoms in total. The molecule has 2 aromatic rings. The van der Waals surface area contributed by atoms with Gasteiger partial charge in [-0.25, -0.2) is 4.39 Å². The molecule has 0 heterocycles. The van der Waals surface area contributed by atoms with Crippen LogP contribution in [0.3, 0.4) is 0 Å². The minimum atomic E-state index is -0.259. The van der Waals surface area contributed by atoms with E-state index in [1.165, 1.54) is 12.1 Å². The molecule has 0 saturated heterocycles. The predicted molar refractivity (Wildman–Crippen MR) is 82.5 cm³/mol. The molecule has 0 radical (unpaired) electrons. The van der Waals surface area contributed by atoms with Crippen molar-refractivity contribution in [1.29, 1.82) is 0 Å². The Morgan fingerprint density at radius 3 is 2.70 bits per heavy atom. The number of hydrogen-bond acceptors (Lipinski definition) is 2. The van der Waals surface area contributed by atoms with Gasteiger partial charge in [0.15, 0.2) is 0 Å². The predicted octanol–water partition coefficient (Wildman–Crippen LogP) is 4.15. The minimum absolute atomic E-state index is 0.255. The second kappa shape index (κ2) is 6.37. The van der Waals surface area contributed by atoms with Crippen molar-refractivity contribution in [1.82, 2.24) is 0 Å². The van der Waals surface area contributed by atoms with E-state index in [0.29, 0.717) is 6.42 Å². The summed E-state index contributed by atoms with van der Waals surface area (Å²) in [7, 11) is 1.63. The smallest absolute Gasteiger partial charge is 0.123 e. The maximum absolute atomic E-state index is 13.4. The monoisotopic (exact) mass is 337 g/mol. The molecule has 0 aliphatic rings. The van der Waals surface area contributed by atoms with E-state index in [4.69, 9.17) is 10.5 Å². The average Bonchev–Trinajstić information content (AvgIpc) is 2.43. The summed E-state index contributed by atoms with van der Waals surface area (Å²) < 4.78 is 19.6. The zero-order chi connectivity index (χ0) is 14.7. The highest BCUT2D eigenvalue weighted by Gasteiger charge is 2.13. The Kier molecular flexibility index (Phi) is 4.78. The van der Waals surface area contributed by atoms with Gasteiger partial charge in [-0.2, -0.15) is 0 Å². The number of ether oxygens (including phenoxy) is 1. The molecular formula is C16H17BrFNO. The first-order valence-electron chi connectivity index (χ1n) is 6.35. The Labute approximate surface area is 126 Å². The lowest BCUT2D eigenvalue weighted by Crippen LogP contribution is -2.15. The second-order valence-electron chi connectivity index (χ2n) is 4.77. The van der Waals surface area contributed by atoms with Gasteiger partial charge in [-0.1, -0.05) is 22.0 Å². The molecule has 0 aliphatic heterocycles. The van der Waals surface area contributed by atoms with Gasteiger partial charge in [0.1, 0.15) is 11.6 Å². The van der Waals surface area contributed by atoms with E-state index >= 15 is 0 Å². The van der Waals surface area contributed by atoms with Crippen molar-refractivity contribution in [2.45, 2.75) is 19.4 Å². The number of rotatable bonds is 4. The topological polar surface area (TPSA) is 35.2 Å². The third-order valence-corrected chi connectivity index (χ3v) is 4.11. The normalized spacial score (nSPS) is 12.2. The lowest BCUT2D eigenvalue weighted by molar-refractivity contribution is 0.414. The first-order valence-corrected chi connectivity index (χ1v) is 7.14. The van der Waals surface area contributed by atoms with Crippen LogP contribution in [-0.4, -0.2) is 7.11 Å². The maximum atomic E-state index is 13.4. The van der Waals surface area contributed by atoms with E-state index in [9.17, 15) is 4.39 Å². The van der Waals surface area contributed by atoms with Crippen LogP contribution in [0.5, 0.6) is 5.75 Å². The minimum Gasteiger partial charge on any atom is -0.497 e. The molecule has 0 saturated carbocycles. The summed E-state index contributed by atoms with van der Waals surface area (Å²) in [6.07, 6.45) is 0.613. The average molecular weight is 338 g/mol. The summed E-state index contributed by atoms with van der Waals surface area (Å²) in [4.78, 5) is 0. The van der Waals surface area contributed by atoms with E-state index in [0.717, 1.165) is 26.9 Å². The lowest BCUT2D eigenvalue weighted by Gasteiger charge is -2.16. The Morgan fingerprint density at radius 1 is 1.25 bits per heavy atom. The quantitative estimate of drug-likeness (QED) is 0.909. The van der Waals surface area contributed by atoms with Gasteiger partial charge in [-0.15, -0.1) is 0 Å². The fourth-order valence-corrected chi connectivity index (χ4v) is 2.60. The van der Waals surface area contributed by atoms with E-state index < -0.39 is 0 Å². The van der Waals surface area contributed by atoms with Crippen molar-refractivity contribution < 1.29 is 9.13 Å². The molecule has 1 atom stereocenters. The summed E-state index contributed by atoms with van der Waals surface area (Å²) in [5.41, 5.74) is 9.10. The van der Waals surface area contributed by atoms with Crippen molar-refractivity contribution in [3.8, 4) is 5.75 Å². The highest BCUT2D eigenvalue weighted by Crippen LogP contribution is 2.27. The first-order chi connectivity index (χ1) is 9.51. The standard InChI is InChI=1S/C16H17BrFNO/c1-10-3-4-12(18)9-14(10)16(19)8-11-7-13(20-2)5-6-15(11)17/h3-7,9,16H,8,19H2,1-2H3. The summed E-state index contributed by atoms with van der Waals surface area (Å²) >= 11 is 3.51. The van der Waals surface area contributed by atoms with Gasteiger partial charge >= 0.3 is 0 Å². The van der Waals surface area contributed by atoms with Crippen molar-refractivity contribution in [3.63, 3.8) is 0 Å². The highest BCUT2D eigenvalue weighted by molar-refractivity contribution is 9.10. The number of aryl methyl sites for hydroxylation is 1. The van der Waals surface area contributed by atoms with E-state index in [1.54, 1.807) is 13.2 Å². The highest BCUT2D eigenvalue weighted by atomic mass is 79.9. The van der Waals surface area contributed by atoms with E-state index in [2.05, 4.69) is 15.9 Å². The maximum Gasteiger partial charge on any atom is 0.123 e. The van der Waals surface area contributed by atoms with Gasteiger partial charge in [0, 0.05) is 10.5 Å². The Hall–Kier alpha value is -1.39. The zero-order valence-electron chi connectivity index (χ0n) is 11.5. The van der Waals surface area contributed by atoms with Crippen molar-refractivity contribution in [2.24, 2.45) is 5.73 Å². The third-order valence-electron chi connectivity index (χ3n) is 3.33. The van der Waals surface area contributed by atoms with E-state index in [-0.39, 0.29) is 11.9 Å². The molecule has 2 N–H and O–H groups in total. The summed E-state index contributed by atoms with van der Waals surface area (Å²) in [6, 6.07) is 10.2. The molecule has 4 heteroatoms. The molecule has 0 aromatic heterocycles. The van der Waals surface area contributed by atoms with Gasteiger partial charge in [0.25, 0.3) is 0 Å². The Morgan fingerprint density at radius 2 is 2.00 bits per heavy atom. The number of hydrogen-bond donors (Lipinski definition) is 1. The van der Waals surface area contributed by atoms with Crippen molar-refractivity contribution in [2.75, 3.05) is 7.11 Å². The number of benzene rings is 2. The first kappa shape index (κ1) is 15.0. The van der Waals surface area contributed by atoms with Crippen LogP contribution >= 0.6 is 15.9 Å². The zero-order valence-corrected chi connectivity index (χ0v) is 13.1. The molecule has 0 bridgehead atoms. The van der Waals surface area contributed by atoms with Crippen molar-refractivity contribution in [3.05, 3.63) is 63.4 Å². The van der Waals surface area contributed by atoms with Crippen LogP contribution in [0.15, 0.2) is 40.9 Å². The van der Waals surface area contributed by atoms with Crippen LogP contribution in [0.25, 0.3) is 0 Å². The molecular weight excluding hydrogens is 321 g/mol. The fourth-order valence-electron chi connectivity index (χ4n) is 2.19. The van der Waals surface area contributed by atoms with E-state index in [1.807, 2.05) is 25.1 Å². The van der Waals surface area contributed by atoms with Crippen molar-refractivity contribution >= 4 is 15.9 Å². The van der Waals surface area contributed by atoms with Crippen LogP contribution in [0.1, 0.15) is 22.7 Å². The number of nitrogens with two attached hydrogens (primary N) is 1. The lowest BCUT2D eigenvalue weighted by atomic mass is 9.96. The molecule has 2 aromatic carbocycles. The molecule has 20 heavy (non-hydrogen) atoms. The van der Waals surface area contributed by atoms with Gasteiger partial charge in [-0.05, 0) is 60.4 Å². The van der Waals surface area contributed by atoms with Gasteiger partial charge in [-0.3, -0.25) is 0 Å². The summed E-state index contributed by atoms with van der Waals surface area (Å²) in [6.45, 7) is 1.94. The summed E-state index contributed by atoms with van der Waals surface area (Å²) in [5.74, 6) is 0.525. The van der Waals surface area contributed by atoms with Crippen LogP contribution in [-0.2, 0) is 6.42 Å². The van der Waals surface area contributed by atoms with Gasteiger partial charge in [0.05, 0.1) is 7.11 Å². The molecule has 2 rings (SSSR count). The number of methoxy groups -OCH3 is 1. The molecule has 0 spiro atoms. The van der Waals surface area contributed by atoms with Crippen LogP contribution in [0, 0.1) is 12.7 Å². The second-order valence-corrected chi connectivity index (χ2v) is 5.62. The third kappa shape index (κ3) is 3.38. The molecule has 0 amide bonds. The molecule has 0 fully saturated rings. The Balaban J connectivity index is 2.27.